The number of hydrogen-bond acceptors (Lipinski definition) is 4. The van der Waals surface area contributed by atoms with Gasteiger partial charge in [-0.15, -0.1) is 0 Å². The summed E-state index contributed by atoms with van der Waals surface area (Å²) in [6.07, 6.45) is 1.75. The first-order valence-electron chi connectivity index (χ1n) is 6.51. The van der Waals surface area contributed by atoms with E-state index in [1.165, 1.54) is 0 Å². The maximum absolute atomic E-state index is 11.8. The largest absolute Gasteiger partial charge is 0.378 e. The van der Waals surface area contributed by atoms with Crippen LogP contribution in [0.15, 0.2) is 30.3 Å². The Bertz CT molecular complexity index is 402. The van der Waals surface area contributed by atoms with E-state index < -0.39 is 5.60 Å². The fourth-order valence-corrected chi connectivity index (χ4v) is 2.10. The summed E-state index contributed by atoms with van der Waals surface area (Å²) >= 11 is 0. The lowest BCUT2D eigenvalue weighted by Crippen LogP contribution is -2.49. The topological polar surface area (TPSA) is 73.6 Å². The number of benzene rings is 1. The summed E-state index contributed by atoms with van der Waals surface area (Å²) in [6, 6.07) is 9.30. The zero-order chi connectivity index (χ0) is 13.6. The van der Waals surface area contributed by atoms with Gasteiger partial charge in [0.15, 0.2) is 0 Å². The Morgan fingerprint density at radius 2 is 2.21 bits per heavy atom. The van der Waals surface area contributed by atoms with E-state index in [9.17, 15) is 4.79 Å². The minimum Gasteiger partial charge on any atom is -0.378 e. The first-order valence-corrected chi connectivity index (χ1v) is 6.51. The number of nitrogens with two attached hydrogens (primary N) is 1. The Kier molecular flexibility index (Phi) is 4.90. The van der Waals surface area contributed by atoms with Crippen LogP contribution in [0.5, 0.6) is 0 Å². The molecule has 1 unspecified atom stereocenters. The van der Waals surface area contributed by atoms with E-state index in [1.807, 2.05) is 30.3 Å². The lowest BCUT2D eigenvalue weighted by Gasteiger charge is -2.35. The molecule has 1 aromatic carbocycles. The fraction of sp³-hybridized carbons (Fsp3) is 0.500. The lowest BCUT2D eigenvalue weighted by atomic mass is 9.96. The Morgan fingerprint density at radius 1 is 1.42 bits per heavy atom. The first-order chi connectivity index (χ1) is 9.24. The molecule has 1 aliphatic rings. The minimum atomic E-state index is -0.508. The third kappa shape index (κ3) is 4.02. The van der Waals surface area contributed by atoms with Crippen molar-refractivity contribution in [3.63, 3.8) is 0 Å². The Labute approximate surface area is 113 Å². The molecule has 1 heterocycles. The molecule has 1 fully saturated rings. The monoisotopic (exact) mass is 264 g/mol. The molecule has 1 saturated heterocycles. The van der Waals surface area contributed by atoms with E-state index in [0.29, 0.717) is 13.2 Å². The van der Waals surface area contributed by atoms with Gasteiger partial charge in [-0.1, -0.05) is 18.2 Å². The summed E-state index contributed by atoms with van der Waals surface area (Å²) in [7, 11) is 0. The molecule has 0 spiro atoms. The van der Waals surface area contributed by atoms with Crippen molar-refractivity contribution in [2.75, 3.05) is 31.7 Å². The Hall–Kier alpha value is -1.43. The highest BCUT2D eigenvalue weighted by atomic mass is 16.5. The molecule has 2 rings (SSSR count). The minimum absolute atomic E-state index is 0.00451. The number of para-hydroxylation sites is 1. The van der Waals surface area contributed by atoms with Crippen LogP contribution in [0.4, 0.5) is 5.69 Å². The highest BCUT2D eigenvalue weighted by Gasteiger charge is 2.33. The van der Waals surface area contributed by atoms with Gasteiger partial charge in [0, 0.05) is 18.8 Å². The number of carbonyl (C=O) groups excluding carboxylic acids is 1. The van der Waals surface area contributed by atoms with E-state index in [4.69, 9.17) is 15.2 Å². The highest BCUT2D eigenvalue weighted by Crippen LogP contribution is 2.22. The van der Waals surface area contributed by atoms with Crippen molar-refractivity contribution >= 4 is 11.6 Å². The molecule has 0 bridgehead atoms. The van der Waals surface area contributed by atoms with E-state index in [0.717, 1.165) is 25.1 Å². The molecule has 0 saturated carbocycles. The summed E-state index contributed by atoms with van der Waals surface area (Å²) < 4.78 is 11.1. The van der Waals surface area contributed by atoms with Crippen LogP contribution in [0, 0.1) is 0 Å². The average Bonchev–Trinajstić information content (AvgIpc) is 2.47. The van der Waals surface area contributed by atoms with E-state index >= 15 is 0 Å². The second-order valence-electron chi connectivity index (χ2n) is 4.75. The molecule has 3 N–H and O–H groups in total. The highest BCUT2D eigenvalue weighted by molar-refractivity contribution is 5.91. The zero-order valence-corrected chi connectivity index (χ0v) is 10.9. The van der Waals surface area contributed by atoms with E-state index in [2.05, 4.69) is 5.32 Å². The predicted molar refractivity (Wildman–Crippen MR) is 72.9 cm³/mol. The van der Waals surface area contributed by atoms with Gasteiger partial charge in [0.05, 0.1) is 6.61 Å². The van der Waals surface area contributed by atoms with Gasteiger partial charge in [0.2, 0.25) is 5.91 Å². The molecule has 0 aliphatic carbocycles. The average molecular weight is 264 g/mol. The van der Waals surface area contributed by atoms with Gasteiger partial charge in [0.25, 0.3) is 0 Å². The fourth-order valence-electron chi connectivity index (χ4n) is 2.10. The number of amides is 1. The Morgan fingerprint density at radius 3 is 2.84 bits per heavy atom. The molecule has 0 aromatic heterocycles. The summed E-state index contributed by atoms with van der Waals surface area (Å²) in [4.78, 5) is 11.8. The summed E-state index contributed by atoms with van der Waals surface area (Å²) in [5.41, 5.74) is 5.99. The lowest BCUT2D eigenvalue weighted by molar-refractivity contribution is -0.143. The molecule has 1 amide bonds. The van der Waals surface area contributed by atoms with Crippen LogP contribution < -0.4 is 11.1 Å². The van der Waals surface area contributed by atoms with Gasteiger partial charge in [-0.2, -0.15) is 0 Å². The third-order valence-electron chi connectivity index (χ3n) is 3.23. The molecule has 1 aromatic rings. The molecule has 0 radical (unpaired) electrons. The van der Waals surface area contributed by atoms with Crippen LogP contribution >= 0.6 is 0 Å². The van der Waals surface area contributed by atoms with Crippen LogP contribution in [0.2, 0.25) is 0 Å². The number of carbonyl (C=O) groups is 1. The Balaban J connectivity index is 1.82. The number of ether oxygens (including phenoxy) is 2. The van der Waals surface area contributed by atoms with Crippen molar-refractivity contribution in [2.45, 2.75) is 18.4 Å². The number of anilines is 1. The van der Waals surface area contributed by atoms with Crippen molar-refractivity contribution in [2.24, 2.45) is 5.73 Å². The number of hydrogen-bond donors (Lipinski definition) is 2. The molecule has 1 aliphatic heterocycles. The van der Waals surface area contributed by atoms with Crippen molar-refractivity contribution in [3.8, 4) is 0 Å². The van der Waals surface area contributed by atoms with Crippen LogP contribution in [0.3, 0.4) is 0 Å². The van der Waals surface area contributed by atoms with Gasteiger partial charge in [-0.05, 0) is 25.0 Å². The summed E-state index contributed by atoms with van der Waals surface area (Å²) in [5.74, 6) is -0.176. The molecule has 5 nitrogen and oxygen atoms in total. The maximum Gasteiger partial charge on any atom is 0.250 e. The summed E-state index contributed by atoms with van der Waals surface area (Å²) in [5, 5.41) is 2.78. The normalized spacial score (nSPS) is 23.0. The number of nitrogens with one attached hydrogen (secondary N) is 1. The van der Waals surface area contributed by atoms with Crippen LogP contribution in [0.25, 0.3) is 0 Å². The molecule has 19 heavy (non-hydrogen) atoms. The number of rotatable bonds is 5. The van der Waals surface area contributed by atoms with E-state index in [-0.39, 0.29) is 12.5 Å². The van der Waals surface area contributed by atoms with Crippen LogP contribution in [0.1, 0.15) is 12.8 Å². The van der Waals surface area contributed by atoms with Crippen molar-refractivity contribution in [1.82, 2.24) is 0 Å². The second-order valence-corrected chi connectivity index (χ2v) is 4.75. The standard InChI is InChI=1S/C14H20N2O3/c15-10-14(7-4-8-18-11-14)19-9-13(17)16-12-5-2-1-3-6-12/h1-3,5-6H,4,7-11,15H2,(H,16,17). The molecule has 104 valence electrons. The maximum atomic E-state index is 11.8. The quantitative estimate of drug-likeness (QED) is 0.836. The van der Waals surface area contributed by atoms with Crippen molar-refractivity contribution in [1.29, 1.82) is 0 Å². The first kappa shape index (κ1) is 14.0. The van der Waals surface area contributed by atoms with Crippen LogP contribution in [-0.4, -0.2) is 37.9 Å². The smallest absolute Gasteiger partial charge is 0.250 e. The predicted octanol–water partition coefficient (Wildman–Crippen LogP) is 1.15. The van der Waals surface area contributed by atoms with Gasteiger partial charge in [-0.25, -0.2) is 0 Å². The van der Waals surface area contributed by atoms with Gasteiger partial charge in [0.1, 0.15) is 12.2 Å². The van der Waals surface area contributed by atoms with Crippen molar-refractivity contribution in [3.05, 3.63) is 30.3 Å². The summed E-state index contributed by atoms with van der Waals surface area (Å²) in [6.45, 7) is 1.56. The molecular weight excluding hydrogens is 244 g/mol. The molecule has 1 atom stereocenters. The van der Waals surface area contributed by atoms with Gasteiger partial charge < -0.3 is 20.5 Å². The molecular formula is C14H20N2O3. The molecule has 5 heteroatoms. The second kappa shape index (κ2) is 6.65. The van der Waals surface area contributed by atoms with Gasteiger partial charge in [-0.3, -0.25) is 4.79 Å². The van der Waals surface area contributed by atoms with E-state index in [1.54, 1.807) is 0 Å². The third-order valence-corrected chi connectivity index (χ3v) is 3.23. The SMILES string of the molecule is NCC1(OCC(=O)Nc2ccccc2)CCCOC1. The zero-order valence-electron chi connectivity index (χ0n) is 10.9. The van der Waals surface area contributed by atoms with Crippen LogP contribution in [-0.2, 0) is 14.3 Å². The van der Waals surface area contributed by atoms with Gasteiger partial charge >= 0.3 is 0 Å². The van der Waals surface area contributed by atoms with Crippen molar-refractivity contribution < 1.29 is 14.3 Å².